The Balaban J connectivity index is 1.36. The number of thioether (sulfide) groups is 1. The number of carbonyl (C=O) groups is 1. The molecule has 6 heteroatoms. The smallest absolute Gasteiger partial charge is 0.255 e. The van der Waals surface area contributed by atoms with Crippen LogP contribution in [0.1, 0.15) is 28.8 Å². The third-order valence-corrected chi connectivity index (χ3v) is 5.98. The van der Waals surface area contributed by atoms with E-state index < -0.39 is 0 Å². The highest BCUT2D eigenvalue weighted by Gasteiger charge is 2.16. The summed E-state index contributed by atoms with van der Waals surface area (Å²) in [4.78, 5) is 19.7. The molecule has 148 valence electrons. The summed E-state index contributed by atoms with van der Waals surface area (Å²) in [5.74, 6) is 0.274. The van der Waals surface area contributed by atoms with E-state index in [0.29, 0.717) is 16.9 Å². The van der Waals surface area contributed by atoms with Crippen molar-refractivity contribution in [2.45, 2.75) is 23.5 Å². The molecule has 4 rings (SSSR count). The zero-order chi connectivity index (χ0) is 20.1. The summed E-state index contributed by atoms with van der Waals surface area (Å²) in [6.07, 6.45) is 5.79. The lowest BCUT2D eigenvalue weighted by molar-refractivity contribution is 0.102. The van der Waals surface area contributed by atoms with Gasteiger partial charge in [0.2, 0.25) is 0 Å². The van der Waals surface area contributed by atoms with Crippen LogP contribution >= 0.6 is 11.8 Å². The Kier molecular flexibility index (Phi) is 6.10. The van der Waals surface area contributed by atoms with Crippen LogP contribution in [0.25, 0.3) is 0 Å². The van der Waals surface area contributed by atoms with Gasteiger partial charge in [0.25, 0.3) is 5.91 Å². The van der Waals surface area contributed by atoms with Crippen molar-refractivity contribution in [2.24, 2.45) is 0 Å². The molecule has 2 aromatic carbocycles. The minimum absolute atomic E-state index is 0.248. The maximum atomic E-state index is 14.4. The van der Waals surface area contributed by atoms with E-state index in [1.807, 2.05) is 35.4 Å². The van der Waals surface area contributed by atoms with E-state index in [1.54, 1.807) is 42.2 Å². The van der Waals surface area contributed by atoms with Crippen molar-refractivity contribution in [1.29, 1.82) is 0 Å². The van der Waals surface area contributed by atoms with Gasteiger partial charge in [0, 0.05) is 47.4 Å². The topological polar surface area (TPSA) is 45.2 Å². The fourth-order valence-electron chi connectivity index (χ4n) is 3.36. The number of aromatic nitrogens is 1. The highest BCUT2D eigenvalue weighted by molar-refractivity contribution is 7.98. The Bertz CT molecular complexity index is 973. The molecule has 0 unspecified atom stereocenters. The normalized spacial score (nSPS) is 13.5. The van der Waals surface area contributed by atoms with E-state index in [2.05, 4.69) is 10.3 Å². The molecule has 1 N–H and O–H groups in total. The number of anilines is 2. The Morgan fingerprint density at radius 2 is 1.90 bits per heavy atom. The molecule has 1 amide bonds. The number of hydrogen-bond acceptors (Lipinski definition) is 4. The second-order valence-electron chi connectivity index (χ2n) is 6.99. The Morgan fingerprint density at radius 1 is 1.10 bits per heavy atom. The summed E-state index contributed by atoms with van der Waals surface area (Å²) in [5.41, 5.74) is 2.76. The van der Waals surface area contributed by atoms with Crippen molar-refractivity contribution in [3.63, 3.8) is 0 Å². The maximum absolute atomic E-state index is 14.4. The fraction of sp³-hybridized carbons (Fsp3) is 0.217. The molecular weight excluding hydrogens is 385 g/mol. The molecular formula is C23H22FN3OS. The van der Waals surface area contributed by atoms with Crippen molar-refractivity contribution >= 4 is 29.0 Å². The molecule has 0 radical (unpaired) electrons. The fourth-order valence-corrected chi connectivity index (χ4v) is 4.19. The van der Waals surface area contributed by atoms with Gasteiger partial charge in [-0.2, -0.15) is 0 Å². The largest absolute Gasteiger partial charge is 0.369 e. The van der Waals surface area contributed by atoms with Crippen LogP contribution in [0.2, 0.25) is 0 Å². The number of rotatable bonds is 6. The molecule has 29 heavy (non-hydrogen) atoms. The van der Waals surface area contributed by atoms with Crippen molar-refractivity contribution in [3.05, 3.63) is 83.9 Å². The van der Waals surface area contributed by atoms with Gasteiger partial charge in [-0.15, -0.1) is 11.8 Å². The second-order valence-corrected chi connectivity index (χ2v) is 8.04. The van der Waals surface area contributed by atoms with Crippen molar-refractivity contribution in [2.75, 3.05) is 23.3 Å². The zero-order valence-electron chi connectivity index (χ0n) is 16.0. The van der Waals surface area contributed by atoms with Crippen LogP contribution in [0.15, 0.2) is 71.9 Å². The lowest BCUT2D eigenvalue weighted by Gasteiger charge is -2.18. The van der Waals surface area contributed by atoms with E-state index >= 15 is 0 Å². The molecule has 0 aliphatic carbocycles. The minimum atomic E-state index is -0.299. The highest BCUT2D eigenvalue weighted by Crippen LogP contribution is 2.27. The maximum Gasteiger partial charge on any atom is 0.255 e. The van der Waals surface area contributed by atoms with E-state index in [1.165, 1.54) is 6.07 Å². The van der Waals surface area contributed by atoms with Crippen molar-refractivity contribution < 1.29 is 9.18 Å². The van der Waals surface area contributed by atoms with E-state index in [-0.39, 0.29) is 11.7 Å². The van der Waals surface area contributed by atoms with Gasteiger partial charge in [-0.05, 0) is 66.9 Å². The molecule has 1 fully saturated rings. The van der Waals surface area contributed by atoms with Gasteiger partial charge in [0.05, 0.1) is 5.69 Å². The van der Waals surface area contributed by atoms with Crippen LogP contribution in [-0.2, 0) is 5.75 Å². The molecule has 2 heterocycles. The second kappa shape index (κ2) is 9.09. The zero-order valence-corrected chi connectivity index (χ0v) is 16.8. The predicted octanol–water partition coefficient (Wildman–Crippen LogP) is 5.37. The Labute approximate surface area is 174 Å². The summed E-state index contributed by atoms with van der Waals surface area (Å²) >= 11 is 1.69. The first-order chi connectivity index (χ1) is 14.2. The van der Waals surface area contributed by atoms with Gasteiger partial charge in [-0.1, -0.05) is 6.07 Å². The van der Waals surface area contributed by atoms with Crippen molar-refractivity contribution in [1.82, 2.24) is 4.98 Å². The summed E-state index contributed by atoms with van der Waals surface area (Å²) < 4.78 is 14.4. The van der Waals surface area contributed by atoms with Crippen LogP contribution in [-0.4, -0.2) is 24.0 Å². The first-order valence-corrected chi connectivity index (χ1v) is 10.7. The van der Waals surface area contributed by atoms with E-state index in [4.69, 9.17) is 0 Å². The summed E-state index contributed by atoms with van der Waals surface area (Å²) in [5, 5.41) is 2.78. The monoisotopic (exact) mass is 407 g/mol. The number of nitrogens with one attached hydrogen (secondary N) is 1. The van der Waals surface area contributed by atoms with Crippen LogP contribution in [0.3, 0.4) is 0 Å². The standard InChI is InChI=1S/C23H22FN3OS/c24-21-14-19(7-10-22(21)27-12-1-2-13-27)26-23(28)18-5-8-20(9-6-18)29-16-17-4-3-11-25-15-17/h3-11,14-15H,1-2,12-13,16H2,(H,26,28). The summed E-state index contributed by atoms with van der Waals surface area (Å²) in [6, 6.07) is 16.3. The van der Waals surface area contributed by atoms with Crippen LogP contribution < -0.4 is 10.2 Å². The van der Waals surface area contributed by atoms with Gasteiger partial charge in [-0.3, -0.25) is 9.78 Å². The average molecular weight is 408 g/mol. The molecule has 0 bridgehead atoms. The molecule has 4 nitrogen and oxygen atoms in total. The Morgan fingerprint density at radius 3 is 2.59 bits per heavy atom. The number of hydrogen-bond donors (Lipinski definition) is 1. The van der Waals surface area contributed by atoms with Crippen LogP contribution in [0.4, 0.5) is 15.8 Å². The van der Waals surface area contributed by atoms with Gasteiger partial charge in [-0.25, -0.2) is 4.39 Å². The molecule has 0 saturated carbocycles. The third-order valence-electron chi connectivity index (χ3n) is 4.90. The number of nitrogens with zero attached hydrogens (tertiary/aromatic N) is 2. The molecule has 0 atom stereocenters. The van der Waals surface area contributed by atoms with Crippen LogP contribution in [0, 0.1) is 5.82 Å². The van der Waals surface area contributed by atoms with Crippen LogP contribution in [0.5, 0.6) is 0 Å². The molecule has 3 aromatic rings. The third kappa shape index (κ3) is 4.95. The number of amides is 1. The predicted molar refractivity (Wildman–Crippen MR) is 116 cm³/mol. The SMILES string of the molecule is O=C(Nc1ccc(N2CCCC2)c(F)c1)c1ccc(SCc2cccnc2)cc1. The number of pyridine rings is 1. The van der Waals surface area contributed by atoms with Crippen molar-refractivity contribution in [3.8, 4) is 0 Å². The van der Waals surface area contributed by atoms with Gasteiger partial charge in [0.15, 0.2) is 0 Å². The lowest BCUT2D eigenvalue weighted by Crippen LogP contribution is -2.19. The number of benzene rings is 2. The summed E-state index contributed by atoms with van der Waals surface area (Å²) in [7, 11) is 0. The van der Waals surface area contributed by atoms with Gasteiger partial charge >= 0.3 is 0 Å². The lowest BCUT2D eigenvalue weighted by atomic mass is 10.2. The molecule has 0 spiro atoms. The number of carbonyl (C=O) groups excluding carboxylic acids is 1. The first-order valence-electron chi connectivity index (χ1n) is 9.67. The number of halogens is 1. The van der Waals surface area contributed by atoms with E-state index in [9.17, 15) is 9.18 Å². The molecule has 1 saturated heterocycles. The quantitative estimate of drug-likeness (QED) is 0.558. The minimum Gasteiger partial charge on any atom is -0.369 e. The first kappa shape index (κ1) is 19.5. The average Bonchev–Trinajstić information content (AvgIpc) is 3.28. The molecule has 1 aromatic heterocycles. The van der Waals surface area contributed by atoms with Gasteiger partial charge < -0.3 is 10.2 Å². The molecule has 1 aliphatic heterocycles. The molecule has 1 aliphatic rings. The van der Waals surface area contributed by atoms with Gasteiger partial charge in [0.1, 0.15) is 5.82 Å². The van der Waals surface area contributed by atoms with E-state index in [0.717, 1.165) is 42.1 Å². The Hall–Kier alpha value is -2.86. The summed E-state index contributed by atoms with van der Waals surface area (Å²) in [6.45, 7) is 1.77. The highest BCUT2D eigenvalue weighted by atomic mass is 32.2.